The molecule has 0 aromatic heterocycles. The number of amides is 2. The predicted octanol–water partition coefficient (Wildman–Crippen LogP) is 1.75. The van der Waals surface area contributed by atoms with Crippen LogP contribution in [0.15, 0.2) is 53.9 Å². The average molecular weight is 358 g/mol. The number of rotatable bonds is 4. The highest BCUT2D eigenvalue weighted by atomic mass is 32.2. The summed E-state index contributed by atoms with van der Waals surface area (Å²) in [6.07, 6.45) is 1.39. The normalized spacial score (nSPS) is 13.7. The van der Waals surface area contributed by atoms with Crippen LogP contribution in [-0.2, 0) is 14.8 Å². The number of ether oxygens (including phenoxy) is 1. The van der Waals surface area contributed by atoms with Gasteiger partial charge in [-0.1, -0.05) is 30.3 Å². The average Bonchev–Trinajstić information content (AvgIpc) is 2.60. The van der Waals surface area contributed by atoms with Gasteiger partial charge in [0.05, 0.1) is 11.1 Å². The van der Waals surface area contributed by atoms with Crippen LogP contribution in [0.5, 0.6) is 5.75 Å². The molecule has 0 radical (unpaired) electrons. The number of carbonyl (C=O) groups excluding carboxylic acids is 2. The number of hydrogen-bond acceptors (Lipinski definition) is 5. The molecule has 1 heterocycles. The van der Waals surface area contributed by atoms with Crippen molar-refractivity contribution in [1.82, 2.24) is 4.72 Å². The number of benzene rings is 2. The summed E-state index contributed by atoms with van der Waals surface area (Å²) in [7, 11) is -3.95. The van der Waals surface area contributed by atoms with Crippen LogP contribution in [0.4, 0.5) is 5.69 Å². The quantitative estimate of drug-likeness (QED) is 0.867. The Labute approximate surface area is 144 Å². The molecule has 0 bridgehead atoms. The minimum atomic E-state index is -3.95. The van der Waals surface area contributed by atoms with Crippen LogP contribution in [0, 0.1) is 0 Å². The largest absolute Gasteiger partial charge is 0.482 e. The van der Waals surface area contributed by atoms with E-state index in [2.05, 4.69) is 5.32 Å². The third-order valence-corrected chi connectivity index (χ3v) is 4.32. The second-order valence-corrected chi connectivity index (χ2v) is 6.80. The van der Waals surface area contributed by atoms with Gasteiger partial charge in [0.15, 0.2) is 6.61 Å². The zero-order valence-electron chi connectivity index (χ0n) is 12.9. The van der Waals surface area contributed by atoms with Crippen molar-refractivity contribution < 1.29 is 22.7 Å². The third-order valence-electron chi connectivity index (χ3n) is 3.35. The van der Waals surface area contributed by atoms with Crippen LogP contribution in [0.2, 0.25) is 0 Å². The highest BCUT2D eigenvalue weighted by Crippen LogP contribution is 2.28. The molecule has 7 nitrogen and oxygen atoms in total. The Balaban J connectivity index is 1.73. The van der Waals surface area contributed by atoms with Crippen molar-refractivity contribution in [2.75, 3.05) is 11.9 Å². The second-order valence-electron chi connectivity index (χ2n) is 5.24. The Hall–Kier alpha value is -3.13. The molecule has 0 unspecified atom stereocenters. The zero-order chi connectivity index (χ0) is 17.9. The van der Waals surface area contributed by atoms with Crippen molar-refractivity contribution in [2.24, 2.45) is 0 Å². The van der Waals surface area contributed by atoms with Crippen LogP contribution in [-0.4, -0.2) is 26.8 Å². The van der Waals surface area contributed by atoms with E-state index >= 15 is 0 Å². The SMILES string of the molecule is O=C1COc2cc(C(=O)NS(=O)(=O)/C=C\c3ccccc3)ccc2N1. The number of carbonyl (C=O) groups is 2. The Morgan fingerprint density at radius 3 is 2.68 bits per heavy atom. The summed E-state index contributed by atoms with van der Waals surface area (Å²) in [5, 5.41) is 3.51. The molecular weight excluding hydrogens is 344 g/mol. The lowest BCUT2D eigenvalue weighted by molar-refractivity contribution is -0.118. The number of hydrogen-bond donors (Lipinski definition) is 2. The summed E-state index contributed by atoms with van der Waals surface area (Å²) < 4.78 is 31.2. The number of anilines is 1. The van der Waals surface area contributed by atoms with E-state index in [-0.39, 0.29) is 18.1 Å². The molecule has 0 saturated heterocycles. The molecule has 0 saturated carbocycles. The predicted molar refractivity (Wildman–Crippen MR) is 92.4 cm³/mol. The maximum Gasteiger partial charge on any atom is 0.265 e. The summed E-state index contributed by atoms with van der Waals surface area (Å²) in [4.78, 5) is 23.4. The van der Waals surface area contributed by atoms with Gasteiger partial charge in [-0.05, 0) is 29.8 Å². The molecule has 0 aliphatic carbocycles. The first-order valence-electron chi connectivity index (χ1n) is 7.30. The highest BCUT2D eigenvalue weighted by molar-refractivity contribution is 7.93. The van der Waals surface area contributed by atoms with Crippen molar-refractivity contribution in [2.45, 2.75) is 0 Å². The molecule has 2 amide bonds. The molecule has 8 heteroatoms. The molecule has 2 N–H and O–H groups in total. The molecule has 0 fully saturated rings. The van der Waals surface area contributed by atoms with Crippen LogP contribution < -0.4 is 14.8 Å². The second kappa shape index (κ2) is 6.78. The van der Waals surface area contributed by atoms with Gasteiger partial charge in [-0.25, -0.2) is 13.1 Å². The minimum absolute atomic E-state index is 0.103. The summed E-state index contributed by atoms with van der Waals surface area (Å²) in [5.41, 5.74) is 1.23. The standard InChI is InChI=1S/C17H14N2O5S/c20-16-11-24-15-10-13(6-7-14(15)18-16)17(21)19-25(22,23)9-8-12-4-2-1-3-5-12/h1-10H,11H2,(H,18,20)(H,19,21)/b9-8-. The minimum Gasteiger partial charge on any atom is -0.482 e. The van der Waals surface area contributed by atoms with Crippen molar-refractivity contribution in [3.05, 3.63) is 65.1 Å². The topological polar surface area (TPSA) is 102 Å². The van der Waals surface area contributed by atoms with Gasteiger partial charge in [0, 0.05) is 5.56 Å². The van der Waals surface area contributed by atoms with E-state index in [0.29, 0.717) is 17.0 Å². The zero-order valence-corrected chi connectivity index (χ0v) is 13.7. The van der Waals surface area contributed by atoms with Gasteiger partial charge in [0.25, 0.3) is 21.8 Å². The fourth-order valence-electron chi connectivity index (χ4n) is 2.17. The molecular formula is C17H14N2O5S. The molecule has 0 spiro atoms. The lowest BCUT2D eigenvalue weighted by Crippen LogP contribution is -2.29. The first-order valence-corrected chi connectivity index (χ1v) is 8.84. The van der Waals surface area contributed by atoms with Crippen LogP contribution in [0.1, 0.15) is 15.9 Å². The van der Waals surface area contributed by atoms with Crippen LogP contribution >= 0.6 is 0 Å². The van der Waals surface area contributed by atoms with Gasteiger partial charge in [-0.2, -0.15) is 0 Å². The molecule has 25 heavy (non-hydrogen) atoms. The molecule has 128 valence electrons. The van der Waals surface area contributed by atoms with Crippen molar-refractivity contribution in [3.8, 4) is 5.75 Å². The number of fused-ring (bicyclic) bond motifs is 1. The van der Waals surface area contributed by atoms with Gasteiger partial charge in [-0.15, -0.1) is 0 Å². The Morgan fingerprint density at radius 1 is 1.16 bits per heavy atom. The highest BCUT2D eigenvalue weighted by Gasteiger charge is 2.19. The van der Waals surface area contributed by atoms with Gasteiger partial charge in [0.1, 0.15) is 5.75 Å². The molecule has 3 rings (SSSR count). The van der Waals surface area contributed by atoms with Crippen molar-refractivity contribution in [1.29, 1.82) is 0 Å². The van der Waals surface area contributed by atoms with Crippen molar-refractivity contribution >= 4 is 33.6 Å². The maximum absolute atomic E-state index is 12.2. The van der Waals surface area contributed by atoms with Crippen molar-refractivity contribution in [3.63, 3.8) is 0 Å². The van der Waals surface area contributed by atoms with Gasteiger partial charge < -0.3 is 10.1 Å². The van der Waals surface area contributed by atoms with E-state index in [0.717, 1.165) is 5.41 Å². The van der Waals surface area contributed by atoms with Gasteiger partial charge >= 0.3 is 0 Å². The Bertz CT molecular complexity index is 952. The molecule has 2 aromatic rings. The summed E-state index contributed by atoms with van der Waals surface area (Å²) in [5.74, 6) is -0.774. The monoisotopic (exact) mass is 358 g/mol. The van der Waals surface area contributed by atoms with E-state index < -0.39 is 15.9 Å². The van der Waals surface area contributed by atoms with Gasteiger partial charge in [-0.3, -0.25) is 9.59 Å². The Morgan fingerprint density at radius 2 is 1.92 bits per heavy atom. The third kappa shape index (κ3) is 4.24. The molecule has 2 aromatic carbocycles. The smallest absolute Gasteiger partial charge is 0.265 e. The van der Waals surface area contributed by atoms with E-state index in [4.69, 9.17) is 4.74 Å². The summed E-state index contributed by atoms with van der Waals surface area (Å²) in [6, 6.07) is 13.1. The molecule has 1 aliphatic heterocycles. The molecule has 1 aliphatic rings. The van der Waals surface area contributed by atoms with E-state index in [9.17, 15) is 18.0 Å². The van der Waals surface area contributed by atoms with Crippen LogP contribution in [0.3, 0.4) is 0 Å². The number of nitrogens with one attached hydrogen (secondary N) is 2. The molecule has 0 atom stereocenters. The lowest BCUT2D eigenvalue weighted by atomic mass is 10.1. The van der Waals surface area contributed by atoms with Crippen LogP contribution in [0.25, 0.3) is 6.08 Å². The summed E-state index contributed by atoms with van der Waals surface area (Å²) >= 11 is 0. The maximum atomic E-state index is 12.2. The van der Waals surface area contributed by atoms with Gasteiger partial charge in [0.2, 0.25) is 0 Å². The fraction of sp³-hybridized carbons (Fsp3) is 0.0588. The van der Waals surface area contributed by atoms with E-state index in [1.165, 1.54) is 24.3 Å². The Kier molecular flexibility index (Phi) is 4.53. The van der Waals surface area contributed by atoms with E-state index in [1.54, 1.807) is 24.3 Å². The van der Waals surface area contributed by atoms with E-state index in [1.807, 2.05) is 10.8 Å². The number of sulfonamides is 1. The summed E-state index contributed by atoms with van der Waals surface area (Å²) in [6.45, 7) is -0.157. The first kappa shape index (κ1) is 16.7. The first-order chi connectivity index (χ1) is 11.9. The fourth-order valence-corrected chi connectivity index (χ4v) is 2.95. The lowest BCUT2D eigenvalue weighted by Gasteiger charge is -2.18.